The van der Waals surface area contributed by atoms with E-state index >= 15 is 0 Å². The Morgan fingerprint density at radius 2 is 1.81 bits per heavy atom. The summed E-state index contributed by atoms with van der Waals surface area (Å²) in [6, 6.07) is 8.01. The average Bonchev–Trinajstić information content (AvgIpc) is 2.89. The summed E-state index contributed by atoms with van der Waals surface area (Å²) in [7, 11) is 3.11. The number of rotatable bonds is 3. The molecule has 0 fully saturated rings. The molecule has 2 aromatic carbocycles. The summed E-state index contributed by atoms with van der Waals surface area (Å²) in [5.74, 6) is 0.831. The molecule has 2 N–H and O–H groups in total. The minimum absolute atomic E-state index is 0.306. The fraction of sp³-hybridized carbons (Fsp3) is 0.133. The Morgan fingerprint density at radius 3 is 2.52 bits per heavy atom. The first kappa shape index (κ1) is 13.6. The van der Waals surface area contributed by atoms with E-state index in [4.69, 9.17) is 15.2 Å². The van der Waals surface area contributed by atoms with E-state index in [2.05, 4.69) is 4.98 Å². The van der Waals surface area contributed by atoms with Crippen molar-refractivity contribution >= 4 is 27.2 Å². The molecule has 0 atom stereocenters. The maximum atomic E-state index is 13.2. The van der Waals surface area contributed by atoms with Gasteiger partial charge in [0.25, 0.3) is 0 Å². The highest BCUT2D eigenvalue weighted by Gasteiger charge is 2.14. The Kier molecular flexibility index (Phi) is 3.39. The van der Waals surface area contributed by atoms with E-state index in [1.807, 2.05) is 0 Å². The highest BCUT2D eigenvalue weighted by Crippen LogP contribution is 2.40. The van der Waals surface area contributed by atoms with Crippen LogP contribution in [0.4, 0.5) is 10.1 Å². The number of nitrogens with zero attached hydrogens (tertiary/aromatic N) is 1. The van der Waals surface area contributed by atoms with Gasteiger partial charge in [0, 0.05) is 23.4 Å². The number of nitrogens with two attached hydrogens (primary N) is 1. The van der Waals surface area contributed by atoms with Gasteiger partial charge in [-0.1, -0.05) is 0 Å². The lowest BCUT2D eigenvalue weighted by atomic mass is 10.1. The zero-order chi connectivity index (χ0) is 15.0. The summed E-state index contributed by atoms with van der Waals surface area (Å²) in [5, 5.41) is 0.717. The van der Waals surface area contributed by atoms with Gasteiger partial charge in [0.05, 0.1) is 24.4 Å². The molecule has 0 saturated heterocycles. The van der Waals surface area contributed by atoms with Crippen molar-refractivity contribution < 1.29 is 13.9 Å². The lowest BCUT2D eigenvalue weighted by molar-refractivity contribution is 0.355. The number of nitrogen functional groups attached to an aromatic ring is 1. The van der Waals surface area contributed by atoms with Gasteiger partial charge in [-0.2, -0.15) is 0 Å². The van der Waals surface area contributed by atoms with Crippen LogP contribution in [0, 0.1) is 5.82 Å². The number of benzene rings is 2. The van der Waals surface area contributed by atoms with Gasteiger partial charge in [-0.25, -0.2) is 9.37 Å². The third kappa shape index (κ3) is 2.38. The first-order valence-electron chi connectivity index (χ1n) is 6.20. The lowest BCUT2D eigenvalue weighted by Crippen LogP contribution is -1.95. The van der Waals surface area contributed by atoms with Crippen LogP contribution in [0.15, 0.2) is 30.3 Å². The van der Waals surface area contributed by atoms with Crippen LogP contribution in [0.2, 0.25) is 0 Å². The monoisotopic (exact) mass is 304 g/mol. The second-order valence-corrected chi connectivity index (χ2v) is 5.46. The number of hydrogen-bond acceptors (Lipinski definition) is 5. The van der Waals surface area contributed by atoms with Crippen LogP contribution < -0.4 is 15.2 Å². The third-order valence-corrected chi connectivity index (χ3v) is 4.21. The Morgan fingerprint density at radius 1 is 1.10 bits per heavy atom. The van der Waals surface area contributed by atoms with Crippen molar-refractivity contribution in [1.82, 2.24) is 4.98 Å². The summed E-state index contributed by atoms with van der Waals surface area (Å²) in [5.41, 5.74) is 7.96. The largest absolute Gasteiger partial charge is 0.493 e. The average molecular weight is 304 g/mol. The maximum absolute atomic E-state index is 13.2. The van der Waals surface area contributed by atoms with Crippen LogP contribution >= 0.6 is 11.3 Å². The van der Waals surface area contributed by atoms with Crippen LogP contribution in [0.1, 0.15) is 0 Å². The normalized spacial score (nSPS) is 10.8. The van der Waals surface area contributed by atoms with Gasteiger partial charge in [-0.3, -0.25) is 0 Å². The highest BCUT2D eigenvalue weighted by atomic mass is 32.1. The molecule has 0 bridgehead atoms. The lowest BCUT2D eigenvalue weighted by Gasteiger charge is -2.10. The van der Waals surface area contributed by atoms with Crippen molar-refractivity contribution in [3.8, 4) is 22.1 Å². The third-order valence-electron chi connectivity index (χ3n) is 3.14. The zero-order valence-corrected chi connectivity index (χ0v) is 12.3. The number of halogens is 1. The van der Waals surface area contributed by atoms with Gasteiger partial charge >= 0.3 is 0 Å². The first-order valence-corrected chi connectivity index (χ1v) is 7.02. The Hall–Kier alpha value is -2.34. The number of aromatic nitrogens is 1. The Bertz CT molecular complexity index is 817. The quantitative estimate of drug-likeness (QED) is 0.750. The van der Waals surface area contributed by atoms with E-state index in [-0.39, 0.29) is 5.82 Å². The summed E-state index contributed by atoms with van der Waals surface area (Å²) in [6.45, 7) is 0. The number of thiazole rings is 1. The fourth-order valence-corrected chi connectivity index (χ4v) is 3.08. The Labute approximate surface area is 124 Å². The van der Waals surface area contributed by atoms with Gasteiger partial charge in [-0.15, -0.1) is 11.3 Å². The van der Waals surface area contributed by atoms with Gasteiger partial charge < -0.3 is 15.2 Å². The summed E-state index contributed by atoms with van der Waals surface area (Å²) >= 11 is 1.45. The molecule has 0 saturated carbocycles. The van der Waals surface area contributed by atoms with E-state index < -0.39 is 0 Å². The van der Waals surface area contributed by atoms with E-state index in [1.54, 1.807) is 32.4 Å². The van der Waals surface area contributed by atoms with Crippen LogP contribution in [0.3, 0.4) is 0 Å². The molecular weight excluding hydrogens is 291 g/mol. The number of anilines is 1. The van der Waals surface area contributed by atoms with E-state index in [0.29, 0.717) is 27.7 Å². The molecule has 3 aromatic rings. The van der Waals surface area contributed by atoms with Crippen molar-refractivity contribution in [1.29, 1.82) is 0 Å². The molecular formula is C15H13FN2O2S. The standard InChI is InChI=1S/C15H13FN2O2S/c1-19-12-6-9(10(17)7-13(12)20-2)15-18-11-5-8(16)3-4-14(11)21-15/h3-7H,17H2,1-2H3. The molecule has 0 unspecified atom stereocenters. The van der Waals surface area contributed by atoms with Crippen LogP contribution in [0.5, 0.6) is 11.5 Å². The van der Waals surface area contributed by atoms with Gasteiger partial charge in [-0.05, 0) is 18.2 Å². The van der Waals surface area contributed by atoms with E-state index in [1.165, 1.54) is 23.5 Å². The molecule has 0 radical (unpaired) electrons. The Balaban J connectivity index is 2.17. The van der Waals surface area contributed by atoms with Gasteiger partial charge in [0.1, 0.15) is 10.8 Å². The molecule has 21 heavy (non-hydrogen) atoms. The molecule has 0 amide bonds. The molecule has 0 aliphatic rings. The van der Waals surface area contributed by atoms with Crippen LogP contribution in [0.25, 0.3) is 20.8 Å². The van der Waals surface area contributed by atoms with E-state index in [9.17, 15) is 4.39 Å². The molecule has 6 heteroatoms. The predicted octanol–water partition coefficient (Wildman–Crippen LogP) is 3.70. The summed E-state index contributed by atoms with van der Waals surface area (Å²) in [4.78, 5) is 4.44. The molecule has 108 valence electrons. The molecule has 3 rings (SSSR count). The van der Waals surface area contributed by atoms with Crippen LogP contribution in [-0.4, -0.2) is 19.2 Å². The smallest absolute Gasteiger partial charge is 0.162 e. The summed E-state index contributed by atoms with van der Waals surface area (Å²) in [6.07, 6.45) is 0. The second-order valence-electron chi connectivity index (χ2n) is 4.43. The fourth-order valence-electron chi connectivity index (χ4n) is 2.10. The van der Waals surface area contributed by atoms with Crippen LogP contribution in [-0.2, 0) is 0 Å². The second kappa shape index (κ2) is 5.21. The SMILES string of the molecule is COc1cc(N)c(-c2nc3cc(F)ccc3s2)cc1OC. The van der Waals surface area contributed by atoms with Crippen molar-refractivity contribution in [2.75, 3.05) is 20.0 Å². The molecule has 0 aliphatic carbocycles. The van der Waals surface area contributed by atoms with Crippen molar-refractivity contribution in [3.63, 3.8) is 0 Å². The number of ether oxygens (including phenoxy) is 2. The number of methoxy groups -OCH3 is 2. The zero-order valence-electron chi connectivity index (χ0n) is 11.5. The van der Waals surface area contributed by atoms with Crippen molar-refractivity contribution in [3.05, 3.63) is 36.1 Å². The number of fused-ring (bicyclic) bond motifs is 1. The molecule has 0 spiro atoms. The molecule has 1 heterocycles. The van der Waals surface area contributed by atoms with E-state index in [0.717, 1.165) is 10.3 Å². The molecule has 4 nitrogen and oxygen atoms in total. The molecule has 1 aromatic heterocycles. The highest BCUT2D eigenvalue weighted by molar-refractivity contribution is 7.21. The van der Waals surface area contributed by atoms with Crippen molar-refractivity contribution in [2.45, 2.75) is 0 Å². The van der Waals surface area contributed by atoms with Gasteiger partial charge in [0.2, 0.25) is 0 Å². The van der Waals surface area contributed by atoms with Gasteiger partial charge in [0.15, 0.2) is 11.5 Å². The van der Waals surface area contributed by atoms with Crippen molar-refractivity contribution in [2.24, 2.45) is 0 Å². The predicted molar refractivity (Wildman–Crippen MR) is 82.5 cm³/mol. The summed E-state index contributed by atoms with van der Waals surface area (Å²) < 4.78 is 24.6. The minimum atomic E-state index is -0.306. The topological polar surface area (TPSA) is 57.4 Å². The first-order chi connectivity index (χ1) is 10.1. The minimum Gasteiger partial charge on any atom is -0.493 e. The maximum Gasteiger partial charge on any atom is 0.162 e. The number of hydrogen-bond donors (Lipinski definition) is 1. The molecule has 0 aliphatic heterocycles.